The van der Waals surface area contributed by atoms with Crippen LogP contribution < -0.4 is 5.32 Å². The summed E-state index contributed by atoms with van der Waals surface area (Å²) in [6.07, 6.45) is 2.07. The predicted molar refractivity (Wildman–Crippen MR) is 63.3 cm³/mol. The molecule has 1 N–H and O–H groups in total. The maximum Gasteiger partial charge on any atom is 0.251 e. The molecule has 0 heterocycles. The minimum Gasteiger partial charge on any atom is -0.350 e. The summed E-state index contributed by atoms with van der Waals surface area (Å²) in [5.41, 5.74) is 0.655. The number of carbonyl (C=O) groups is 1. The number of rotatable bonds is 4. The Kier molecular flexibility index (Phi) is 4.63. The second kappa shape index (κ2) is 5.76. The maximum atomic E-state index is 11.7. The number of halogens is 1. The van der Waals surface area contributed by atoms with Gasteiger partial charge in [0.05, 0.1) is 0 Å². The van der Waals surface area contributed by atoms with Gasteiger partial charge in [0, 0.05) is 16.6 Å². The van der Waals surface area contributed by atoms with E-state index in [4.69, 9.17) is 11.6 Å². The van der Waals surface area contributed by atoms with Crippen LogP contribution in [0.1, 0.15) is 37.0 Å². The topological polar surface area (TPSA) is 29.1 Å². The molecule has 0 aliphatic rings. The Bertz CT molecular complexity index is 321. The quantitative estimate of drug-likeness (QED) is 0.838. The van der Waals surface area contributed by atoms with Crippen molar-refractivity contribution in [2.75, 3.05) is 0 Å². The lowest BCUT2D eigenvalue weighted by molar-refractivity contribution is 0.0938. The van der Waals surface area contributed by atoms with E-state index in [0.29, 0.717) is 10.6 Å². The lowest BCUT2D eigenvalue weighted by Crippen LogP contribution is -2.32. The third-order valence-corrected chi connectivity index (χ3v) is 2.46. The summed E-state index contributed by atoms with van der Waals surface area (Å²) >= 11 is 5.74. The largest absolute Gasteiger partial charge is 0.350 e. The highest BCUT2D eigenvalue weighted by molar-refractivity contribution is 6.30. The van der Waals surface area contributed by atoms with Crippen LogP contribution >= 0.6 is 11.6 Å². The Morgan fingerprint density at radius 2 is 2.00 bits per heavy atom. The van der Waals surface area contributed by atoms with Crippen molar-refractivity contribution in [2.45, 2.75) is 32.7 Å². The molecule has 1 aromatic carbocycles. The fraction of sp³-hybridized carbons (Fsp3) is 0.417. The molecule has 0 radical (unpaired) electrons. The zero-order valence-electron chi connectivity index (χ0n) is 9.09. The lowest BCUT2D eigenvalue weighted by Gasteiger charge is -2.12. The van der Waals surface area contributed by atoms with Crippen molar-refractivity contribution in [2.24, 2.45) is 0 Å². The Hall–Kier alpha value is -1.02. The van der Waals surface area contributed by atoms with E-state index < -0.39 is 0 Å². The average molecular weight is 226 g/mol. The molecule has 0 spiro atoms. The molecule has 15 heavy (non-hydrogen) atoms. The zero-order valence-corrected chi connectivity index (χ0v) is 9.84. The van der Waals surface area contributed by atoms with Crippen LogP contribution in [0.4, 0.5) is 0 Å². The fourth-order valence-corrected chi connectivity index (χ4v) is 1.54. The molecule has 0 aliphatic carbocycles. The van der Waals surface area contributed by atoms with Crippen molar-refractivity contribution in [1.29, 1.82) is 0 Å². The molecule has 1 atom stereocenters. The number of nitrogens with one attached hydrogen (secondary N) is 1. The molecule has 0 aliphatic heterocycles. The summed E-state index contributed by atoms with van der Waals surface area (Å²) in [7, 11) is 0. The molecule has 0 bridgehead atoms. The lowest BCUT2D eigenvalue weighted by atomic mass is 10.1. The summed E-state index contributed by atoms with van der Waals surface area (Å²) < 4.78 is 0. The van der Waals surface area contributed by atoms with Gasteiger partial charge in [-0.25, -0.2) is 0 Å². The van der Waals surface area contributed by atoms with Crippen molar-refractivity contribution in [1.82, 2.24) is 5.32 Å². The van der Waals surface area contributed by atoms with Crippen LogP contribution in [0.5, 0.6) is 0 Å². The minimum absolute atomic E-state index is 0.0346. The molecule has 1 amide bonds. The molecular weight excluding hydrogens is 210 g/mol. The molecule has 0 saturated heterocycles. The van der Waals surface area contributed by atoms with E-state index in [1.165, 1.54) is 0 Å². The molecule has 3 heteroatoms. The van der Waals surface area contributed by atoms with Crippen molar-refractivity contribution in [3.8, 4) is 0 Å². The molecule has 0 fully saturated rings. The van der Waals surface area contributed by atoms with E-state index >= 15 is 0 Å². The average Bonchev–Trinajstić information content (AvgIpc) is 2.18. The summed E-state index contributed by atoms with van der Waals surface area (Å²) in [5, 5.41) is 3.58. The van der Waals surface area contributed by atoms with Gasteiger partial charge >= 0.3 is 0 Å². The highest BCUT2D eigenvalue weighted by atomic mass is 35.5. The molecule has 1 aromatic rings. The first-order valence-electron chi connectivity index (χ1n) is 5.20. The fourth-order valence-electron chi connectivity index (χ4n) is 1.41. The van der Waals surface area contributed by atoms with Gasteiger partial charge in [-0.05, 0) is 37.6 Å². The normalized spacial score (nSPS) is 12.2. The minimum atomic E-state index is -0.0346. The van der Waals surface area contributed by atoms with Crippen LogP contribution in [0.25, 0.3) is 0 Å². The molecular formula is C12H16ClNO. The third-order valence-electron chi connectivity index (χ3n) is 2.21. The molecule has 2 nitrogen and oxygen atoms in total. The van der Waals surface area contributed by atoms with Gasteiger partial charge in [-0.15, -0.1) is 0 Å². The Balaban J connectivity index is 2.57. The van der Waals surface area contributed by atoms with Gasteiger partial charge in [0.15, 0.2) is 0 Å². The Morgan fingerprint density at radius 3 is 2.53 bits per heavy atom. The number of amides is 1. The van der Waals surface area contributed by atoms with E-state index in [1.807, 2.05) is 6.92 Å². The summed E-state index contributed by atoms with van der Waals surface area (Å²) in [4.78, 5) is 11.7. The standard InChI is InChI=1S/C12H16ClNO/c1-3-4-9(2)14-12(15)10-5-7-11(13)8-6-10/h5-9H,3-4H2,1-2H3,(H,14,15)/t9-/m1/s1. The molecule has 0 saturated carbocycles. The second-order valence-corrected chi connectivity index (χ2v) is 4.11. The Labute approximate surface area is 95.6 Å². The smallest absolute Gasteiger partial charge is 0.251 e. The van der Waals surface area contributed by atoms with Gasteiger partial charge in [-0.2, -0.15) is 0 Å². The zero-order chi connectivity index (χ0) is 11.3. The van der Waals surface area contributed by atoms with Gasteiger partial charge in [-0.1, -0.05) is 24.9 Å². The van der Waals surface area contributed by atoms with Crippen LogP contribution in [0, 0.1) is 0 Å². The van der Waals surface area contributed by atoms with Crippen LogP contribution in [-0.2, 0) is 0 Å². The van der Waals surface area contributed by atoms with Gasteiger partial charge in [0.1, 0.15) is 0 Å². The van der Waals surface area contributed by atoms with Crippen LogP contribution in [0.15, 0.2) is 24.3 Å². The van der Waals surface area contributed by atoms with E-state index in [1.54, 1.807) is 24.3 Å². The van der Waals surface area contributed by atoms with Crippen molar-refractivity contribution in [3.05, 3.63) is 34.9 Å². The van der Waals surface area contributed by atoms with Crippen molar-refractivity contribution < 1.29 is 4.79 Å². The Morgan fingerprint density at radius 1 is 1.40 bits per heavy atom. The summed E-state index contributed by atoms with van der Waals surface area (Å²) in [6.45, 7) is 4.11. The SMILES string of the molecule is CCC[C@@H](C)NC(=O)c1ccc(Cl)cc1. The van der Waals surface area contributed by atoms with E-state index in [9.17, 15) is 4.79 Å². The first kappa shape index (κ1) is 12.1. The summed E-state index contributed by atoms with van der Waals surface area (Å²) in [5.74, 6) is -0.0346. The van der Waals surface area contributed by atoms with Crippen molar-refractivity contribution >= 4 is 17.5 Å². The maximum absolute atomic E-state index is 11.7. The molecule has 0 aromatic heterocycles. The van der Waals surface area contributed by atoms with E-state index in [0.717, 1.165) is 12.8 Å². The van der Waals surface area contributed by atoms with Gasteiger partial charge in [0.2, 0.25) is 0 Å². The van der Waals surface area contributed by atoms with E-state index in [2.05, 4.69) is 12.2 Å². The van der Waals surface area contributed by atoms with Gasteiger partial charge in [-0.3, -0.25) is 4.79 Å². The van der Waals surface area contributed by atoms with Crippen LogP contribution in [0.2, 0.25) is 5.02 Å². The number of carbonyl (C=O) groups excluding carboxylic acids is 1. The third kappa shape index (κ3) is 3.92. The molecule has 0 unspecified atom stereocenters. The van der Waals surface area contributed by atoms with Gasteiger partial charge in [0.25, 0.3) is 5.91 Å². The number of benzene rings is 1. The highest BCUT2D eigenvalue weighted by Gasteiger charge is 2.08. The summed E-state index contributed by atoms with van der Waals surface area (Å²) in [6, 6.07) is 7.13. The number of hydrogen-bond acceptors (Lipinski definition) is 1. The first-order valence-corrected chi connectivity index (χ1v) is 5.57. The number of hydrogen-bond donors (Lipinski definition) is 1. The molecule has 82 valence electrons. The second-order valence-electron chi connectivity index (χ2n) is 3.67. The van der Waals surface area contributed by atoms with Crippen molar-refractivity contribution in [3.63, 3.8) is 0 Å². The van der Waals surface area contributed by atoms with Crippen LogP contribution in [-0.4, -0.2) is 11.9 Å². The molecule has 1 rings (SSSR count). The first-order chi connectivity index (χ1) is 7.13. The van der Waals surface area contributed by atoms with E-state index in [-0.39, 0.29) is 11.9 Å². The van der Waals surface area contributed by atoms with Crippen LogP contribution in [0.3, 0.4) is 0 Å². The van der Waals surface area contributed by atoms with Gasteiger partial charge < -0.3 is 5.32 Å². The highest BCUT2D eigenvalue weighted by Crippen LogP contribution is 2.09. The predicted octanol–water partition coefficient (Wildman–Crippen LogP) is 3.26. The monoisotopic (exact) mass is 225 g/mol.